The van der Waals surface area contributed by atoms with Crippen LogP contribution in [0.1, 0.15) is 50.2 Å². The summed E-state index contributed by atoms with van der Waals surface area (Å²) in [6, 6.07) is 7.23. The molecule has 2 aliphatic rings. The summed E-state index contributed by atoms with van der Waals surface area (Å²) in [5.41, 5.74) is 9.96. The molecule has 2 unspecified atom stereocenters. The molecule has 0 saturated heterocycles. The SMILES string of the molecule is CCC1CCCCC1N1CCc2c(N)cccc2C1. The van der Waals surface area contributed by atoms with Gasteiger partial charge in [0.2, 0.25) is 0 Å². The van der Waals surface area contributed by atoms with E-state index in [1.54, 1.807) is 0 Å². The fraction of sp³-hybridized carbons (Fsp3) is 0.647. The fourth-order valence-electron chi connectivity index (χ4n) is 4.09. The van der Waals surface area contributed by atoms with Gasteiger partial charge in [0.05, 0.1) is 0 Å². The van der Waals surface area contributed by atoms with Crippen LogP contribution < -0.4 is 5.73 Å². The second-order valence-corrected chi connectivity index (χ2v) is 6.23. The molecule has 1 aromatic rings. The number of fused-ring (bicyclic) bond motifs is 1. The lowest BCUT2D eigenvalue weighted by Crippen LogP contribution is -2.44. The van der Waals surface area contributed by atoms with Crippen LogP contribution in [-0.4, -0.2) is 17.5 Å². The molecule has 1 fully saturated rings. The Morgan fingerprint density at radius 1 is 1.26 bits per heavy atom. The van der Waals surface area contributed by atoms with Crippen LogP contribution in [-0.2, 0) is 13.0 Å². The summed E-state index contributed by atoms with van der Waals surface area (Å²) in [7, 11) is 0. The number of hydrogen-bond acceptors (Lipinski definition) is 2. The highest BCUT2D eigenvalue weighted by Gasteiger charge is 2.31. The molecule has 104 valence electrons. The number of nitrogen functional groups attached to an aromatic ring is 1. The Bertz CT molecular complexity index is 441. The van der Waals surface area contributed by atoms with E-state index in [1.807, 2.05) is 6.07 Å². The van der Waals surface area contributed by atoms with Crippen LogP contribution in [0.3, 0.4) is 0 Å². The van der Waals surface area contributed by atoms with E-state index < -0.39 is 0 Å². The summed E-state index contributed by atoms with van der Waals surface area (Å²) in [6.45, 7) is 4.67. The van der Waals surface area contributed by atoms with E-state index in [2.05, 4.69) is 24.0 Å². The van der Waals surface area contributed by atoms with Gasteiger partial charge in [0, 0.05) is 24.8 Å². The molecule has 2 nitrogen and oxygen atoms in total. The highest BCUT2D eigenvalue weighted by atomic mass is 15.2. The first-order valence-corrected chi connectivity index (χ1v) is 7.90. The van der Waals surface area contributed by atoms with Gasteiger partial charge in [-0.25, -0.2) is 0 Å². The van der Waals surface area contributed by atoms with Crippen LogP contribution in [0.15, 0.2) is 18.2 Å². The van der Waals surface area contributed by atoms with E-state index in [0.717, 1.165) is 30.6 Å². The molecule has 19 heavy (non-hydrogen) atoms. The third kappa shape index (κ3) is 2.51. The highest BCUT2D eigenvalue weighted by Crippen LogP contribution is 2.34. The maximum Gasteiger partial charge on any atom is 0.0350 e. The van der Waals surface area contributed by atoms with Gasteiger partial charge < -0.3 is 5.73 Å². The minimum absolute atomic E-state index is 0.813. The lowest BCUT2D eigenvalue weighted by molar-refractivity contribution is 0.0891. The summed E-state index contributed by atoms with van der Waals surface area (Å²) >= 11 is 0. The standard InChI is InChI=1S/C17H26N2/c1-2-13-6-3-4-9-17(13)19-11-10-15-14(12-19)7-5-8-16(15)18/h5,7-8,13,17H,2-4,6,9-12,18H2,1H3. The molecule has 0 amide bonds. The van der Waals surface area contributed by atoms with E-state index in [9.17, 15) is 0 Å². The van der Waals surface area contributed by atoms with Crippen LogP contribution in [0.2, 0.25) is 0 Å². The number of rotatable bonds is 2. The van der Waals surface area contributed by atoms with Crippen LogP contribution in [0, 0.1) is 5.92 Å². The van der Waals surface area contributed by atoms with E-state index >= 15 is 0 Å². The predicted octanol–water partition coefficient (Wildman–Crippen LogP) is 3.60. The number of hydrogen-bond donors (Lipinski definition) is 1. The van der Waals surface area contributed by atoms with E-state index in [0.29, 0.717) is 0 Å². The monoisotopic (exact) mass is 258 g/mol. The number of nitrogens with two attached hydrogens (primary N) is 1. The third-order valence-electron chi connectivity index (χ3n) is 5.19. The predicted molar refractivity (Wildman–Crippen MR) is 81.0 cm³/mol. The van der Waals surface area contributed by atoms with Gasteiger partial charge in [-0.2, -0.15) is 0 Å². The van der Waals surface area contributed by atoms with Crippen LogP contribution >= 0.6 is 0 Å². The van der Waals surface area contributed by atoms with Gasteiger partial charge in [0.25, 0.3) is 0 Å². The molecule has 0 radical (unpaired) electrons. The zero-order valence-electron chi connectivity index (χ0n) is 12.1. The van der Waals surface area contributed by atoms with Crippen molar-refractivity contribution in [3.8, 4) is 0 Å². The Morgan fingerprint density at radius 3 is 2.95 bits per heavy atom. The largest absolute Gasteiger partial charge is 0.398 e. The first kappa shape index (κ1) is 13.0. The topological polar surface area (TPSA) is 29.3 Å². The van der Waals surface area contributed by atoms with Gasteiger partial charge in [-0.15, -0.1) is 0 Å². The van der Waals surface area contributed by atoms with Crippen molar-refractivity contribution in [2.45, 2.75) is 58.0 Å². The maximum absolute atomic E-state index is 6.10. The van der Waals surface area contributed by atoms with Crippen molar-refractivity contribution in [2.24, 2.45) is 5.92 Å². The van der Waals surface area contributed by atoms with E-state index in [1.165, 1.54) is 49.8 Å². The summed E-state index contributed by atoms with van der Waals surface area (Å²) in [6.07, 6.45) is 8.16. The molecule has 2 atom stereocenters. The van der Waals surface area contributed by atoms with Crippen molar-refractivity contribution >= 4 is 5.69 Å². The minimum Gasteiger partial charge on any atom is -0.398 e. The Hall–Kier alpha value is -1.02. The lowest BCUT2D eigenvalue weighted by Gasteiger charge is -2.42. The molecule has 2 N–H and O–H groups in total. The molecule has 3 rings (SSSR count). The summed E-state index contributed by atoms with van der Waals surface area (Å²) in [5, 5.41) is 0. The fourth-order valence-corrected chi connectivity index (χ4v) is 4.09. The molecule has 0 spiro atoms. The Kier molecular flexibility index (Phi) is 3.79. The van der Waals surface area contributed by atoms with Gasteiger partial charge in [0.15, 0.2) is 0 Å². The van der Waals surface area contributed by atoms with Crippen LogP contribution in [0.4, 0.5) is 5.69 Å². The molecule has 2 heteroatoms. The molecule has 1 aromatic carbocycles. The van der Waals surface area contributed by atoms with E-state index in [4.69, 9.17) is 5.73 Å². The molecule has 1 aliphatic carbocycles. The molecule has 1 heterocycles. The van der Waals surface area contributed by atoms with Crippen molar-refractivity contribution < 1.29 is 0 Å². The van der Waals surface area contributed by atoms with Gasteiger partial charge >= 0.3 is 0 Å². The normalized spacial score (nSPS) is 28.1. The Morgan fingerprint density at radius 2 is 2.11 bits per heavy atom. The first-order valence-electron chi connectivity index (χ1n) is 7.90. The molecule has 1 aliphatic heterocycles. The molecular formula is C17H26N2. The maximum atomic E-state index is 6.10. The molecule has 1 saturated carbocycles. The van der Waals surface area contributed by atoms with Crippen molar-refractivity contribution in [2.75, 3.05) is 12.3 Å². The summed E-state index contributed by atoms with van der Waals surface area (Å²) < 4.78 is 0. The van der Waals surface area contributed by atoms with Crippen molar-refractivity contribution in [3.63, 3.8) is 0 Å². The third-order valence-corrected chi connectivity index (χ3v) is 5.19. The highest BCUT2D eigenvalue weighted by molar-refractivity contribution is 5.51. The Labute approximate surface area is 117 Å². The zero-order valence-corrected chi connectivity index (χ0v) is 12.1. The van der Waals surface area contributed by atoms with Crippen LogP contribution in [0.25, 0.3) is 0 Å². The van der Waals surface area contributed by atoms with Gasteiger partial charge in [-0.1, -0.05) is 38.3 Å². The first-order chi connectivity index (χ1) is 9.29. The second kappa shape index (κ2) is 5.54. The van der Waals surface area contributed by atoms with Gasteiger partial charge in [0.1, 0.15) is 0 Å². The number of nitrogens with zero attached hydrogens (tertiary/aromatic N) is 1. The zero-order chi connectivity index (χ0) is 13.2. The summed E-state index contributed by atoms with van der Waals surface area (Å²) in [4.78, 5) is 2.73. The number of anilines is 1. The lowest BCUT2D eigenvalue weighted by atomic mass is 9.81. The average molecular weight is 258 g/mol. The van der Waals surface area contributed by atoms with Gasteiger partial charge in [-0.05, 0) is 42.4 Å². The Balaban J connectivity index is 1.77. The molecular weight excluding hydrogens is 232 g/mol. The summed E-state index contributed by atoms with van der Waals surface area (Å²) in [5.74, 6) is 0.913. The molecule has 0 bridgehead atoms. The van der Waals surface area contributed by atoms with Crippen LogP contribution in [0.5, 0.6) is 0 Å². The van der Waals surface area contributed by atoms with Crippen molar-refractivity contribution in [1.82, 2.24) is 4.90 Å². The second-order valence-electron chi connectivity index (χ2n) is 6.23. The average Bonchev–Trinajstić information content (AvgIpc) is 2.47. The smallest absolute Gasteiger partial charge is 0.0350 e. The number of benzene rings is 1. The minimum atomic E-state index is 0.813. The molecule has 0 aromatic heterocycles. The van der Waals surface area contributed by atoms with Crippen molar-refractivity contribution in [3.05, 3.63) is 29.3 Å². The van der Waals surface area contributed by atoms with E-state index in [-0.39, 0.29) is 0 Å². The van der Waals surface area contributed by atoms with Crippen molar-refractivity contribution in [1.29, 1.82) is 0 Å². The van der Waals surface area contributed by atoms with Gasteiger partial charge in [-0.3, -0.25) is 4.90 Å². The quantitative estimate of drug-likeness (QED) is 0.821.